The Labute approximate surface area is 182 Å². The number of carbonyl (C=O) groups is 2. The molecule has 1 fully saturated rings. The predicted octanol–water partition coefficient (Wildman–Crippen LogP) is 4.87. The summed E-state index contributed by atoms with van der Waals surface area (Å²) in [6.45, 7) is 7.70. The van der Waals surface area contributed by atoms with Gasteiger partial charge in [-0.1, -0.05) is 61.5 Å². The van der Waals surface area contributed by atoms with Gasteiger partial charge in [-0.15, -0.1) is 0 Å². The van der Waals surface area contributed by atoms with Crippen molar-refractivity contribution in [2.24, 2.45) is 11.8 Å². The largest absolute Gasteiger partial charge is 0.463 e. The van der Waals surface area contributed by atoms with Gasteiger partial charge in [-0.3, -0.25) is 4.79 Å². The molecule has 160 valence electrons. The lowest BCUT2D eigenvalue weighted by atomic mass is 9.84. The van der Waals surface area contributed by atoms with Crippen molar-refractivity contribution in [1.82, 2.24) is 0 Å². The van der Waals surface area contributed by atoms with Gasteiger partial charge in [0.1, 0.15) is 18.1 Å². The second kappa shape index (κ2) is 10.1. The second-order valence-corrected chi connectivity index (χ2v) is 8.90. The SMILES string of the molecule is CC(=O)OCC1O[C@H](Sc2ccc(C)cc2)[C@@H](OC(=O)c2ccccc2)C(C)[C@@H]1C. The molecule has 2 aromatic carbocycles. The standard InChI is InChI=1S/C24H28O5S/c1-15-10-12-20(13-11-15)30-24-22(29-23(26)19-8-6-5-7-9-19)17(3)16(2)21(28-24)14-27-18(4)25/h5-13,16-17,21-22,24H,14H2,1-4H3/t16-,17?,21?,22-,24+/m0/s1. The Kier molecular flexibility index (Phi) is 7.56. The smallest absolute Gasteiger partial charge is 0.338 e. The maximum absolute atomic E-state index is 12.7. The molecule has 0 aliphatic carbocycles. The summed E-state index contributed by atoms with van der Waals surface area (Å²) in [6, 6.07) is 17.1. The quantitative estimate of drug-likeness (QED) is 0.612. The van der Waals surface area contributed by atoms with Crippen LogP contribution in [0, 0.1) is 18.8 Å². The van der Waals surface area contributed by atoms with Crippen molar-refractivity contribution < 1.29 is 23.8 Å². The maximum atomic E-state index is 12.7. The Morgan fingerprint density at radius 2 is 1.67 bits per heavy atom. The molecule has 2 unspecified atom stereocenters. The van der Waals surface area contributed by atoms with Gasteiger partial charge >= 0.3 is 11.9 Å². The molecule has 3 rings (SSSR count). The van der Waals surface area contributed by atoms with Crippen LogP contribution in [0.2, 0.25) is 0 Å². The molecule has 0 N–H and O–H groups in total. The summed E-state index contributed by atoms with van der Waals surface area (Å²) >= 11 is 1.52. The molecule has 0 amide bonds. The van der Waals surface area contributed by atoms with Gasteiger partial charge < -0.3 is 14.2 Å². The second-order valence-electron chi connectivity index (χ2n) is 7.73. The van der Waals surface area contributed by atoms with Crippen molar-refractivity contribution in [3.05, 3.63) is 65.7 Å². The lowest BCUT2D eigenvalue weighted by Crippen LogP contribution is -2.51. The highest BCUT2D eigenvalue weighted by molar-refractivity contribution is 7.99. The molecule has 6 heteroatoms. The number of thioether (sulfide) groups is 1. The fraction of sp³-hybridized carbons (Fsp3) is 0.417. The molecular weight excluding hydrogens is 400 g/mol. The molecule has 0 bridgehead atoms. The minimum atomic E-state index is -0.437. The number of carbonyl (C=O) groups excluding carboxylic acids is 2. The molecule has 0 aromatic heterocycles. The third-order valence-electron chi connectivity index (χ3n) is 5.49. The molecule has 5 nitrogen and oxygen atoms in total. The summed E-state index contributed by atoms with van der Waals surface area (Å²) in [7, 11) is 0. The van der Waals surface area contributed by atoms with Crippen LogP contribution in [0.1, 0.15) is 36.7 Å². The number of ether oxygens (including phenoxy) is 3. The summed E-state index contributed by atoms with van der Waals surface area (Å²) in [5, 5.41) is 0. The van der Waals surface area contributed by atoms with Crippen LogP contribution >= 0.6 is 11.8 Å². The normalized spacial score (nSPS) is 26.1. The highest BCUT2D eigenvalue weighted by atomic mass is 32.2. The predicted molar refractivity (Wildman–Crippen MR) is 116 cm³/mol. The number of hydrogen-bond acceptors (Lipinski definition) is 6. The van der Waals surface area contributed by atoms with Crippen LogP contribution in [-0.4, -0.2) is 36.2 Å². The van der Waals surface area contributed by atoms with Crippen LogP contribution in [-0.2, 0) is 19.0 Å². The zero-order valence-electron chi connectivity index (χ0n) is 17.7. The fourth-order valence-corrected chi connectivity index (χ4v) is 4.62. The van der Waals surface area contributed by atoms with Crippen LogP contribution in [0.3, 0.4) is 0 Å². The molecule has 0 radical (unpaired) electrons. The number of hydrogen-bond donors (Lipinski definition) is 0. The molecular formula is C24H28O5S. The number of esters is 2. The summed E-state index contributed by atoms with van der Waals surface area (Å²) in [5.41, 5.74) is 1.27. The highest BCUT2D eigenvalue weighted by Gasteiger charge is 2.44. The van der Waals surface area contributed by atoms with Gasteiger partial charge in [-0.2, -0.15) is 0 Å². The molecule has 1 aliphatic heterocycles. The van der Waals surface area contributed by atoms with E-state index in [9.17, 15) is 9.59 Å². The van der Waals surface area contributed by atoms with E-state index >= 15 is 0 Å². The van der Waals surface area contributed by atoms with E-state index in [1.54, 1.807) is 12.1 Å². The van der Waals surface area contributed by atoms with Crippen LogP contribution in [0.25, 0.3) is 0 Å². The average molecular weight is 429 g/mol. The first-order valence-corrected chi connectivity index (χ1v) is 11.0. The molecule has 1 heterocycles. The van der Waals surface area contributed by atoms with Gasteiger partial charge in [-0.25, -0.2) is 4.79 Å². The summed E-state index contributed by atoms with van der Waals surface area (Å²) in [4.78, 5) is 25.1. The first-order chi connectivity index (χ1) is 14.3. The van der Waals surface area contributed by atoms with Gasteiger partial charge in [0.2, 0.25) is 0 Å². The van der Waals surface area contributed by atoms with Gasteiger partial charge in [0, 0.05) is 17.7 Å². The Bertz CT molecular complexity index is 852. The minimum Gasteiger partial charge on any atom is -0.463 e. The fourth-order valence-electron chi connectivity index (χ4n) is 3.42. The van der Waals surface area contributed by atoms with Gasteiger partial charge in [0.15, 0.2) is 0 Å². The van der Waals surface area contributed by atoms with E-state index in [2.05, 4.69) is 6.92 Å². The maximum Gasteiger partial charge on any atom is 0.338 e. The first kappa shape index (κ1) is 22.4. The first-order valence-electron chi connectivity index (χ1n) is 10.1. The van der Waals surface area contributed by atoms with Crippen LogP contribution in [0.15, 0.2) is 59.5 Å². The zero-order valence-corrected chi connectivity index (χ0v) is 18.6. The zero-order chi connectivity index (χ0) is 21.7. The summed E-state index contributed by atoms with van der Waals surface area (Å²) in [5.74, 6) is -0.627. The number of benzene rings is 2. The minimum absolute atomic E-state index is 0.0231. The summed E-state index contributed by atoms with van der Waals surface area (Å²) in [6.07, 6.45) is -0.703. The van der Waals surface area contributed by atoms with Crippen molar-refractivity contribution in [3.63, 3.8) is 0 Å². The molecule has 0 saturated carbocycles. The van der Waals surface area contributed by atoms with Crippen LogP contribution < -0.4 is 0 Å². The van der Waals surface area contributed by atoms with E-state index in [0.717, 1.165) is 4.90 Å². The van der Waals surface area contributed by atoms with E-state index in [1.165, 1.54) is 24.2 Å². The van der Waals surface area contributed by atoms with E-state index < -0.39 is 11.5 Å². The van der Waals surface area contributed by atoms with Crippen LogP contribution in [0.4, 0.5) is 0 Å². The van der Waals surface area contributed by atoms with Gasteiger partial charge in [-0.05, 0) is 37.1 Å². The highest BCUT2D eigenvalue weighted by Crippen LogP contribution is 2.40. The van der Waals surface area contributed by atoms with Crippen molar-refractivity contribution >= 4 is 23.7 Å². The van der Waals surface area contributed by atoms with E-state index in [4.69, 9.17) is 14.2 Å². The van der Waals surface area contributed by atoms with Crippen molar-refractivity contribution in [2.45, 2.75) is 50.2 Å². The van der Waals surface area contributed by atoms with E-state index in [-0.39, 0.29) is 36.5 Å². The molecule has 0 spiro atoms. The number of aryl methyl sites for hydroxylation is 1. The molecule has 30 heavy (non-hydrogen) atoms. The Morgan fingerprint density at radius 3 is 2.30 bits per heavy atom. The van der Waals surface area contributed by atoms with Crippen molar-refractivity contribution in [2.75, 3.05) is 6.61 Å². The van der Waals surface area contributed by atoms with E-state index in [1.807, 2.05) is 56.3 Å². The van der Waals surface area contributed by atoms with E-state index in [0.29, 0.717) is 5.56 Å². The van der Waals surface area contributed by atoms with Crippen molar-refractivity contribution in [1.29, 1.82) is 0 Å². The Morgan fingerprint density at radius 1 is 1.00 bits per heavy atom. The average Bonchev–Trinajstić information content (AvgIpc) is 2.74. The lowest BCUT2D eigenvalue weighted by molar-refractivity contribution is -0.166. The third kappa shape index (κ3) is 5.64. The van der Waals surface area contributed by atoms with Gasteiger partial charge in [0.25, 0.3) is 0 Å². The third-order valence-corrected chi connectivity index (χ3v) is 6.64. The Hall–Kier alpha value is -2.31. The van der Waals surface area contributed by atoms with Gasteiger partial charge in [0.05, 0.1) is 11.7 Å². The monoisotopic (exact) mass is 428 g/mol. The van der Waals surface area contributed by atoms with Crippen molar-refractivity contribution in [3.8, 4) is 0 Å². The molecule has 5 atom stereocenters. The summed E-state index contributed by atoms with van der Waals surface area (Å²) < 4.78 is 17.5. The molecule has 1 aliphatic rings. The Balaban J connectivity index is 1.81. The van der Waals surface area contributed by atoms with Crippen LogP contribution in [0.5, 0.6) is 0 Å². The topological polar surface area (TPSA) is 61.8 Å². The number of rotatable bonds is 6. The molecule has 2 aromatic rings. The lowest BCUT2D eigenvalue weighted by Gasteiger charge is -2.43. The molecule has 1 saturated heterocycles.